The van der Waals surface area contributed by atoms with Gasteiger partial charge in [0.2, 0.25) is 0 Å². The molecule has 0 spiro atoms. The van der Waals surface area contributed by atoms with Gasteiger partial charge in [0.15, 0.2) is 4.69 Å². The molecular weight excluding hydrogens is 262 g/mol. The van der Waals surface area contributed by atoms with Crippen LogP contribution in [-0.2, 0) is 4.79 Å². The standard InChI is InChI=1S/C6H7Br2NO/c7-3-5(4-9)1-2-6(8)10/h5H,1-3H2. The number of carbonyl (C=O) groups excluding carboxylic acids is 1. The molecule has 0 aliphatic carbocycles. The van der Waals surface area contributed by atoms with Crippen LogP contribution < -0.4 is 0 Å². The highest BCUT2D eigenvalue weighted by atomic mass is 79.9. The minimum absolute atomic E-state index is 0.0336. The summed E-state index contributed by atoms with van der Waals surface area (Å²) < 4.78 is -0.0336. The molecule has 10 heavy (non-hydrogen) atoms. The second-order valence-corrected chi connectivity index (χ2v) is 3.41. The lowest BCUT2D eigenvalue weighted by molar-refractivity contribution is -0.110. The van der Waals surface area contributed by atoms with Crippen LogP contribution in [0.4, 0.5) is 0 Å². The van der Waals surface area contributed by atoms with E-state index in [1.165, 1.54) is 0 Å². The molecule has 0 aliphatic heterocycles. The van der Waals surface area contributed by atoms with Gasteiger partial charge in [-0.25, -0.2) is 0 Å². The van der Waals surface area contributed by atoms with E-state index in [9.17, 15) is 4.79 Å². The summed E-state index contributed by atoms with van der Waals surface area (Å²) in [6, 6.07) is 2.09. The van der Waals surface area contributed by atoms with Gasteiger partial charge in [-0.05, 0) is 22.4 Å². The zero-order chi connectivity index (χ0) is 7.98. The second kappa shape index (κ2) is 5.87. The molecule has 0 fully saturated rings. The Kier molecular flexibility index (Phi) is 5.94. The summed E-state index contributed by atoms with van der Waals surface area (Å²) in [6.07, 6.45) is 1.07. The van der Waals surface area contributed by atoms with Crippen LogP contribution in [-0.4, -0.2) is 10.0 Å². The van der Waals surface area contributed by atoms with Crippen LogP contribution in [0.5, 0.6) is 0 Å². The fourth-order valence-corrected chi connectivity index (χ4v) is 1.16. The molecular formula is C6H7Br2NO. The molecule has 0 N–H and O–H groups in total. The van der Waals surface area contributed by atoms with Crippen LogP contribution in [0, 0.1) is 17.2 Å². The smallest absolute Gasteiger partial charge is 0.197 e. The highest BCUT2D eigenvalue weighted by Crippen LogP contribution is 2.09. The first-order valence-electron chi connectivity index (χ1n) is 2.84. The highest BCUT2D eigenvalue weighted by molar-refractivity contribution is 9.18. The van der Waals surface area contributed by atoms with E-state index >= 15 is 0 Å². The van der Waals surface area contributed by atoms with Crippen molar-refractivity contribution in [1.82, 2.24) is 0 Å². The fourth-order valence-electron chi connectivity index (χ4n) is 0.464. The van der Waals surface area contributed by atoms with Gasteiger partial charge in [0.05, 0.1) is 12.0 Å². The first kappa shape index (κ1) is 10.1. The molecule has 0 rings (SSSR count). The van der Waals surface area contributed by atoms with Gasteiger partial charge in [-0.15, -0.1) is 0 Å². The summed E-state index contributed by atoms with van der Waals surface area (Å²) in [6.45, 7) is 0. The summed E-state index contributed by atoms with van der Waals surface area (Å²) in [5, 5.41) is 9.07. The molecule has 0 aromatic carbocycles. The summed E-state index contributed by atoms with van der Waals surface area (Å²) in [5.74, 6) is -0.0403. The summed E-state index contributed by atoms with van der Waals surface area (Å²) in [7, 11) is 0. The second-order valence-electron chi connectivity index (χ2n) is 1.87. The zero-order valence-electron chi connectivity index (χ0n) is 5.31. The predicted octanol–water partition coefficient (Wildman–Crippen LogP) is 2.22. The minimum Gasteiger partial charge on any atom is -0.287 e. The number of hydrogen-bond donors (Lipinski definition) is 0. The molecule has 0 saturated heterocycles. The van der Waals surface area contributed by atoms with Gasteiger partial charge >= 0.3 is 0 Å². The normalized spacial score (nSPS) is 12.1. The van der Waals surface area contributed by atoms with E-state index in [4.69, 9.17) is 5.26 Å². The molecule has 0 aliphatic rings. The van der Waals surface area contributed by atoms with E-state index in [0.29, 0.717) is 18.2 Å². The molecule has 0 amide bonds. The Labute approximate surface area is 76.9 Å². The molecule has 0 bridgehead atoms. The first-order chi connectivity index (χ1) is 4.70. The van der Waals surface area contributed by atoms with Crippen molar-refractivity contribution in [3.05, 3.63) is 0 Å². The Bertz CT molecular complexity index is 152. The van der Waals surface area contributed by atoms with Crippen molar-refractivity contribution >= 4 is 36.6 Å². The third-order valence-electron chi connectivity index (χ3n) is 1.06. The monoisotopic (exact) mass is 267 g/mol. The average Bonchev–Trinajstić information content (AvgIpc) is 1.90. The van der Waals surface area contributed by atoms with Crippen LogP contribution in [0.25, 0.3) is 0 Å². The Balaban J connectivity index is 3.47. The molecule has 2 nitrogen and oxygen atoms in total. The average molecular weight is 269 g/mol. The van der Waals surface area contributed by atoms with Crippen molar-refractivity contribution in [1.29, 1.82) is 5.26 Å². The zero-order valence-corrected chi connectivity index (χ0v) is 8.48. The third kappa shape index (κ3) is 4.95. The largest absolute Gasteiger partial charge is 0.287 e. The van der Waals surface area contributed by atoms with Crippen LogP contribution >= 0.6 is 31.9 Å². The maximum atomic E-state index is 10.4. The van der Waals surface area contributed by atoms with E-state index in [1.54, 1.807) is 0 Å². The molecule has 0 saturated carbocycles. The molecule has 0 heterocycles. The number of alkyl halides is 1. The summed E-state index contributed by atoms with van der Waals surface area (Å²) in [5.41, 5.74) is 0. The van der Waals surface area contributed by atoms with E-state index < -0.39 is 0 Å². The number of nitriles is 1. The third-order valence-corrected chi connectivity index (χ3v) is 2.24. The van der Waals surface area contributed by atoms with Gasteiger partial charge in [-0.3, -0.25) is 4.79 Å². The Hall–Kier alpha value is 0.120. The van der Waals surface area contributed by atoms with E-state index in [1.807, 2.05) is 0 Å². The predicted molar refractivity (Wildman–Crippen MR) is 46.1 cm³/mol. The lowest BCUT2D eigenvalue weighted by Crippen LogP contribution is -1.99. The molecule has 56 valence electrons. The van der Waals surface area contributed by atoms with Crippen LogP contribution in [0.2, 0.25) is 0 Å². The van der Waals surface area contributed by atoms with Crippen molar-refractivity contribution in [3.8, 4) is 6.07 Å². The van der Waals surface area contributed by atoms with Crippen molar-refractivity contribution in [2.24, 2.45) is 5.92 Å². The van der Waals surface area contributed by atoms with Crippen molar-refractivity contribution in [2.45, 2.75) is 12.8 Å². The van der Waals surface area contributed by atoms with Gasteiger partial charge in [0.1, 0.15) is 0 Å². The summed E-state index contributed by atoms with van der Waals surface area (Å²) in [4.78, 5) is 10.4. The van der Waals surface area contributed by atoms with E-state index in [-0.39, 0.29) is 10.6 Å². The molecule has 0 aromatic heterocycles. The fraction of sp³-hybridized carbons (Fsp3) is 0.667. The Morgan fingerprint density at radius 1 is 1.70 bits per heavy atom. The number of nitrogens with zero attached hydrogens (tertiary/aromatic N) is 1. The van der Waals surface area contributed by atoms with Crippen molar-refractivity contribution in [2.75, 3.05) is 5.33 Å². The quantitative estimate of drug-likeness (QED) is 0.580. The maximum absolute atomic E-state index is 10.4. The Morgan fingerprint density at radius 2 is 2.30 bits per heavy atom. The molecule has 1 atom stereocenters. The van der Waals surface area contributed by atoms with E-state index in [0.717, 1.165) is 0 Å². The molecule has 1 unspecified atom stereocenters. The van der Waals surface area contributed by atoms with Gasteiger partial charge < -0.3 is 0 Å². The molecule has 0 aromatic rings. The summed E-state index contributed by atoms with van der Waals surface area (Å²) >= 11 is 5.97. The van der Waals surface area contributed by atoms with Gasteiger partial charge in [-0.2, -0.15) is 5.26 Å². The van der Waals surface area contributed by atoms with Crippen LogP contribution in [0.3, 0.4) is 0 Å². The topological polar surface area (TPSA) is 40.9 Å². The molecule has 4 heteroatoms. The van der Waals surface area contributed by atoms with Crippen molar-refractivity contribution in [3.63, 3.8) is 0 Å². The van der Waals surface area contributed by atoms with Crippen molar-refractivity contribution < 1.29 is 4.79 Å². The number of halogens is 2. The van der Waals surface area contributed by atoms with Crippen LogP contribution in [0.1, 0.15) is 12.8 Å². The SMILES string of the molecule is N#CC(CBr)CCC(=O)Br. The first-order valence-corrected chi connectivity index (χ1v) is 4.76. The van der Waals surface area contributed by atoms with E-state index in [2.05, 4.69) is 37.9 Å². The number of hydrogen-bond acceptors (Lipinski definition) is 2. The van der Waals surface area contributed by atoms with Gasteiger partial charge in [-0.1, -0.05) is 15.9 Å². The lowest BCUT2D eigenvalue weighted by atomic mass is 10.1. The lowest BCUT2D eigenvalue weighted by Gasteiger charge is -1.99. The van der Waals surface area contributed by atoms with Gasteiger partial charge in [0.25, 0.3) is 0 Å². The molecule has 0 radical (unpaired) electrons. The number of carbonyl (C=O) groups is 1. The highest BCUT2D eigenvalue weighted by Gasteiger charge is 2.06. The minimum atomic E-state index is -0.0403. The number of rotatable bonds is 4. The van der Waals surface area contributed by atoms with Crippen LogP contribution in [0.15, 0.2) is 0 Å². The maximum Gasteiger partial charge on any atom is 0.197 e. The van der Waals surface area contributed by atoms with Gasteiger partial charge in [0, 0.05) is 11.8 Å². The Morgan fingerprint density at radius 3 is 2.60 bits per heavy atom.